The minimum absolute atomic E-state index is 0.106. The number of rotatable bonds is 5. The maximum absolute atomic E-state index is 12.3. The van der Waals surface area contributed by atoms with Crippen molar-refractivity contribution in [3.8, 4) is 0 Å². The Bertz CT molecular complexity index is 769. The highest BCUT2D eigenvalue weighted by Gasteiger charge is 2.32. The van der Waals surface area contributed by atoms with E-state index in [0.29, 0.717) is 11.1 Å². The maximum atomic E-state index is 12.3. The normalized spacial score (nSPS) is 22.7. The van der Waals surface area contributed by atoms with Gasteiger partial charge in [-0.2, -0.15) is 5.10 Å². The van der Waals surface area contributed by atoms with Gasteiger partial charge in [0, 0.05) is 17.8 Å². The Morgan fingerprint density at radius 1 is 1.26 bits per heavy atom. The molecular formula is C20H26N4O2S. The van der Waals surface area contributed by atoms with Crippen molar-refractivity contribution < 1.29 is 9.59 Å². The Kier molecular flexibility index (Phi) is 6.66. The molecule has 2 aliphatic rings. The van der Waals surface area contributed by atoms with E-state index in [4.69, 9.17) is 0 Å². The highest BCUT2D eigenvalue weighted by atomic mass is 32.2. The Balaban J connectivity index is 1.55. The van der Waals surface area contributed by atoms with Gasteiger partial charge in [-0.25, -0.2) is 0 Å². The zero-order valence-electron chi connectivity index (χ0n) is 15.8. The van der Waals surface area contributed by atoms with Crippen molar-refractivity contribution in [3.63, 3.8) is 0 Å². The Morgan fingerprint density at radius 3 is 2.74 bits per heavy atom. The second kappa shape index (κ2) is 9.17. The van der Waals surface area contributed by atoms with Crippen LogP contribution < -0.4 is 10.6 Å². The van der Waals surface area contributed by atoms with Crippen molar-refractivity contribution in [2.75, 3.05) is 5.32 Å². The lowest BCUT2D eigenvalue weighted by molar-refractivity contribution is -0.122. The van der Waals surface area contributed by atoms with Crippen LogP contribution in [0.25, 0.3) is 0 Å². The zero-order valence-corrected chi connectivity index (χ0v) is 16.6. The molecule has 1 atom stereocenters. The van der Waals surface area contributed by atoms with Crippen molar-refractivity contribution >= 4 is 40.1 Å². The number of amidine groups is 1. The lowest BCUT2D eigenvalue weighted by Crippen LogP contribution is -2.28. The first-order valence-corrected chi connectivity index (χ1v) is 10.4. The Labute approximate surface area is 164 Å². The molecule has 1 saturated heterocycles. The number of nitrogens with zero attached hydrogens (tertiary/aromatic N) is 2. The average molecular weight is 387 g/mol. The average Bonchev–Trinajstić information content (AvgIpc) is 3.01. The third kappa shape index (κ3) is 5.42. The SMILES string of the molecule is C/C(=N/N=C1\NC(=O)[C@H](CC(=O)Nc2ccccc2C)S1)C1CCCCC1. The van der Waals surface area contributed by atoms with Gasteiger partial charge in [-0.15, -0.1) is 5.10 Å². The fourth-order valence-corrected chi connectivity index (χ4v) is 4.31. The lowest BCUT2D eigenvalue weighted by Gasteiger charge is -2.20. The number of para-hydroxylation sites is 1. The largest absolute Gasteiger partial charge is 0.326 e. The van der Waals surface area contributed by atoms with Gasteiger partial charge in [0.25, 0.3) is 0 Å². The number of carbonyl (C=O) groups excluding carboxylic acids is 2. The third-order valence-electron chi connectivity index (χ3n) is 5.06. The van der Waals surface area contributed by atoms with Crippen LogP contribution in [0, 0.1) is 12.8 Å². The first kappa shape index (κ1) is 19.6. The number of aryl methyl sites for hydroxylation is 1. The van der Waals surface area contributed by atoms with Crippen molar-refractivity contribution in [1.29, 1.82) is 0 Å². The molecule has 1 aliphatic carbocycles. The van der Waals surface area contributed by atoms with Gasteiger partial charge in [-0.3, -0.25) is 9.59 Å². The fraction of sp³-hybridized carbons (Fsp3) is 0.500. The molecule has 0 unspecified atom stereocenters. The maximum Gasteiger partial charge on any atom is 0.240 e. The van der Waals surface area contributed by atoms with E-state index in [1.807, 2.05) is 38.1 Å². The predicted molar refractivity (Wildman–Crippen MR) is 111 cm³/mol. The molecule has 27 heavy (non-hydrogen) atoms. The van der Waals surface area contributed by atoms with Crippen LogP contribution in [-0.2, 0) is 9.59 Å². The number of hydrogen-bond donors (Lipinski definition) is 2. The van der Waals surface area contributed by atoms with Gasteiger partial charge >= 0.3 is 0 Å². The molecule has 0 aromatic heterocycles. The molecule has 2 N–H and O–H groups in total. The first-order valence-electron chi connectivity index (χ1n) is 9.48. The Hall–Kier alpha value is -2.15. The summed E-state index contributed by atoms with van der Waals surface area (Å²) in [7, 11) is 0. The summed E-state index contributed by atoms with van der Waals surface area (Å²) in [4.78, 5) is 24.4. The van der Waals surface area contributed by atoms with E-state index in [-0.39, 0.29) is 18.2 Å². The summed E-state index contributed by atoms with van der Waals surface area (Å²) < 4.78 is 0. The molecule has 1 saturated carbocycles. The van der Waals surface area contributed by atoms with Gasteiger partial charge in [-0.1, -0.05) is 49.2 Å². The lowest BCUT2D eigenvalue weighted by atomic mass is 9.86. The van der Waals surface area contributed by atoms with Crippen molar-refractivity contribution in [2.24, 2.45) is 16.1 Å². The summed E-state index contributed by atoms with van der Waals surface area (Å²) >= 11 is 1.27. The first-order chi connectivity index (χ1) is 13.0. The molecule has 1 aromatic carbocycles. The molecule has 1 aromatic rings. The molecule has 2 fully saturated rings. The summed E-state index contributed by atoms with van der Waals surface area (Å²) in [6.45, 7) is 3.94. The van der Waals surface area contributed by atoms with E-state index >= 15 is 0 Å². The number of nitrogens with one attached hydrogen (secondary N) is 2. The summed E-state index contributed by atoms with van der Waals surface area (Å²) in [5, 5.41) is 14.1. The van der Waals surface area contributed by atoms with Gasteiger partial charge in [0.1, 0.15) is 5.25 Å². The highest BCUT2D eigenvalue weighted by molar-refractivity contribution is 8.15. The van der Waals surface area contributed by atoms with Crippen molar-refractivity contribution in [1.82, 2.24) is 5.32 Å². The minimum Gasteiger partial charge on any atom is -0.326 e. The molecule has 6 nitrogen and oxygen atoms in total. The van der Waals surface area contributed by atoms with E-state index in [0.717, 1.165) is 17.0 Å². The fourth-order valence-electron chi connectivity index (χ4n) is 3.40. The van der Waals surface area contributed by atoms with E-state index < -0.39 is 5.25 Å². The number of benzene rings is 1. The van der Waals surface area contributed by atoms with Crippen molar-refractivity contribution in [2.45, 2.75) is 57.6 Å². The molecule has 2 amide bonds. The van der Waals surface area contributed by atoms with E-state index in [1.54, 1.807) is 0 Å². The molecular weight excluding hydrogens is 360 g/mol. The third-order valence-corrected chi connectivity index (χ3v) is 6.13. The van der Waals surface area contributed by atoms with Crippen LogP contribution in [0.2, 0.25) is 0 Å². The Morgan fingerprint density at radius 2 is 2.00 bits per heavy atom. The van der Waals surface area contributed by atoms with Crippen LogP contribution in [0.15, 0.2) is 34.5 Å². The highest BCUT2D eigenvalue weighted by Crippen LogP contribution is 2.26. The van der Waals surface area contributed by atoms with Crippen LogP contribution in [0.5, 0.6) is 0 Å². The molecule has 144 valence electrons. The number of amides is 2. The van der Waals surface area contributed by atoms with E-state index in [1.165, 1.54) is 43.9 Å². The summed E-state index contributed by atoms with van der Waals surface area (Å²) in [5.74, 6) is 0.130. The van der Waals surface area contributed by atoms with Gasteiger partial charge in [0.2, 0.25) is 11.8 Å². The molecule has 1 heterocycles. The van der Waals surface area contributed by atoms with Gasteiger partial charge in [0.15, 0.2) is 5.17 Å². The van der Waals surface area contributed by atoms with Gasteiger partial charge < -0.3 is 10.6 Å². The zero-order chi connectivity index (χ0) is 19.2. The number of carbonyl (C=O) groups is 2. The van der Waals surface area contributed by atoms with Gasteiger partial charge in [0.05, 0.1) is 0 Å². The topological polar surface area (TPSA) is 82.9 Å². The van der Waals surface area contributed by atoms with Crippen LogP contribution in [-0.4, -0.2) is 27.9 Å². The predicted octanol–water partition coefficient (Wildman–Crippen LogP) is 3.87. The van der Waals surface area contributed by atoms with Crippen LogP contribution in [0.1, 0.15) is 51.0 Å². The second-order valence-electron chi connectivity index (χ2n) is 7.14. The summed E-state index contributed by atoms with van der Waals surface area (Å²) in [6.07, 6.45) is 6.24. The van der Waals surface area contributed by atoms with E-state index in [9.17, 15) is 9.59 Å². The molecule has 0 radical (unpaired) electrons. The molecule has 1 aliphatic heterocycles. The standard InChI is InChI=1S/C20H26N4O2S/c1-13-8-6-7-11-16(13)21-18(25)12-17-19(26)22-20(27-17)24-23-14(2)15-9-4-3-5-10-15/h6-8,11,15,17H,3-5,9-10,12H2,1-2H3,(H,21,25)(H,22,24,26)/b23-14-/t17-/m0/s1. The number of thioether (sulfide) groups is 1. The monoisotopic (exact) mass is 386 g/mol. The second-order valence-corrected chi connectivity index (χ2v) is 8.34. The smallest absolute Gasteiger partial charge is 0.240 e. The minimum atomic E-state index is -0.474. The van der Waals surface area contributed by atoms with Crippen LogP contribution >= 0.6 is 11.8 Å². The molecule has 0 spiro atoms. The molecule has 3 rings (SSSR count). The number of hydrogen-bond acceptors (Lipinski definition) is 5. The summed E-state index contributed by atoms with van der Waals surface area (Å²) in [5.41, 5.74) is 2.79. The quantitative estimate of drug-likeness (QED) is 0.595. The van der Waals surface area contributed by atoms with Crippen molar-refractivity contribution in [3.05, 3.63) is 29.8 Å². The summed E-state index contributed by atoms with van der Waals surface area (Å²) in [6, 6.07) is 7.58. The van der Waals surface area contributed by atoms with Crippen LogP contribution in [0.3, 0.4) is 0 Å². The van der Waals surface area contributed by atoms with E-state index in [2.05, 4.69) is 20.8 Å². The van der Waals surface area contributed by atoms with Gasteiger partial charge in [-0.05, 0) is 44.2 Å². The number of anilines is 1. The molecule has 0 bridgehead atoms. The van der Waals surface area contributed by atoms with Crippen LogP contribution in [0.4, 0.5) is 5.69 Å². The molecule has 7 heteroatoms.